The fraction of sp³-hybridized carbons (Fsp3) is 0.556. The van der Waals surface area contributed by atoms with Crippen LogP contribution >= 0.6 is 0 Å². The minimum Gasteiger partial charge on any atom is -0.405 e. The van der Waals surface area contributed by atoms with Crippen LogP contribution in [0.3, 0.4) is 0 Å². The van der Waals surface area contributed by atoms with E-state index in [9.17, 15) is 0 Å². The molecule has 0 aromatic carbocycles. The first-order valence-corrected chi connectivity index (χ1v) is 3.69. The zero-order valence-corrected chi connectivity index (χ0v) is 6.93. The SMILES string of the molecule is C=C(C)CCC(C)/C=C\N. The van der Waals surface area contributed by atoms with Gasteiger partial charge in [-0.15, -0.1) is 6.58 Å². The summed E-state index contributed by atoms with van der Waals surface area (Å²) in [6, 6.07) is 0. The Bertz CT molecular complexity index is 125. The largest absolute Gasteiger partial charge is 0.405 e. The van der Waals surface area contributed by atoms with Crippen LogP contribution in [0.1, 0.15) is 26.7 Å². The van der Waals surface area contributed by atoms with Crippen molar-refractivity contribution in [2.24, 2.45) is 11.7 Å². The lowest BCUT2D eigenvalue weighted by molar-refractivity contribution is 0.644. The molecule has 1 heteroatoms. The van der Waals surface area contributed by atoms with Crippen LogP contribution in [0, 0.1) is 5.92 Å². The van der Waals surface area contributed by atoms with Gasteiger partial charge in [0.1, 0.15) is 0 Å². The van der Waals surface area contributed by atoms with Crippen molar-refractivity contribution >= 4 is 0 Å². The van der Waals surface area contributed by atoms with Crippen LogP contribution < -0.4 is 5.73 Å². The molecule has 0 saturated carbocycles. The van der Waals surface area contributed by atoms with E-state index in [-0.39, 0.29) is 0 Å². The third kappa shape index (κ3) is 5.42. The van der Waals surface area contributed by atoms with Crippen LogP contribution in [-0.4, -0.2) is 0 Å². The summed E-state index contributed by atoms with van der Waals surface area (Å²) in [5.74, 6) is 0.585. The molecule has 1 nitrogen and oxygen atoms in total. The average Bonchev–Trinajstić information content (AvgIpc) is 1.85. The van der Waals surface area contributed by atoms with Gasteiger partial charge in [0, 0.05) is 0 Å². The zero-order valence-electron chi connectivity index (χ0n) is 6.93. The molecule has 0 amide bonds. The molecule has 0 radical (unpaired) electrons. The minimum atomic E-state index is 0.585. The molecule has 1 atom stereocenters. The smallest absolute Gasteiger partial charge is 0.0100 e. The second-order valence-corrected chi connectivity index (χ2v) is 2.86. The monoisotopic (exact) mass is 139 g/mol. The molecule has 0 aliphatic carbocycles. The molecule has 0 aromatic rings. The summed E-state index contributed by atoms with van der Waals surface area (Å²) in [5, 5.41) is 0. The van der Waals surface area contributed by atoms with Gasteiger partial charge in [0.2, 0.25) is 0 Å². The average molecular weight is 139 g/mol. The molecular weight excluding hydrogens is 122 g/mol. The summed E-state index contributed by atoms with van der Waals surface area (Å²) in [4.78, 5) is 0. The van der Waals surface area contributed by atoms with Crippen LogP contribution in [0.25, 0.3) is 0 Å². The molecule has 0 aromatic heterocycles. The van der Waals surface area contributed by atoms with E-state index in [1.807, 2.05) is 6.08 Å². The highest BCUT2D eigenvalue weighted by molar-refractivity contribution is 4.91. The van der Waals surface area contributed by atoms with Crippen molar-refractivity contribution in [3.05, 3.63) is 24.4 Å². The van der Waals surface area contributed by atoms with Gasteiger partial charge < -0.3 is 5.73 Å². The topological polar surface area (TPSA) is 26.0 Å². The maximum atomic E-state index is 5.23. The number of hydrogen-bond acceptors (Lipinski definition) is 1. The third-order valence-electron chi connectivity index (χ3n) is 1.47. The van der Waals surface area contributed by atoms with Crippen molar-refractivity contribution in [1.82, 2.24) is 0 Å². The lowest BCUT2D eigenvalue weighted by Crippen LogP contribution is -1.91. The summed E-state index contributed by atoms with van der Waals surface area (Å²) >= 11 is 0. The van der Waals surface area contributed by atoms with Crippen molar-refractivity contribution in [1.29, 1.82) is 0 Å². The van der Waals surface area contributed by atoms with Gasteiger partial charge in [-0.3, -0.25) is 0 Å². The molecule has 0 fully saturated rings. The van der Waals surface area contributed by atoms with Gasteiger partial charge in [0.15, 0.2) is 0 Å². The molecule has 0 heterocycles. The zero-order chi connectivity index (χ0) is 7.98. The number of hydrogen-bond donors (Lipinski definition) is 1. The van der Waals surface area contributed by atoms with Crippen molar-refractivity contribution in [2.75, 3.05) is 0 Å². The minimum absolute atomic E-state index is 0.585. The Morgan fingerprint density at radius 2 is 2.30 bits per heavy atom. The molecule has 10 heavy (non-hydrogen) atoms. The van der Waals surface area contributed by atoms with E-state index >= 15 is 0 Å². The van der Waals surface area contributed by atoms with Gasteiger partial charge in [0.25, 0.3) is 0 Å². The normalized spacial score (nSPS) is 13.8. The molecule has 0 aliphatic rings. The van der Waals surface area contributed by atoms with Crippen molar-refractivity contribution in [2.45, 2.75) is 26.7 Å². The predicted octanol–water partition coefficient (Wildman–Crippen LogP) is 2.45. The van der Waals surface area contributed by atoms with Crippen LogP contribution in [0.15, 0.2) is 24.4 Å². The first-order valence-electron chi connectivity index (χ1n) is 3.69. The van der Waals surface area contributed by atoms with E-state index < -0.39 is 0 Å². The molecule has 0 bridgehead atoms. The van der Waals surface area contributed by atoms with Crippen LogP contribution in [-0.2, 0) is 0 Å². The van der Waals surface area contributed by atoms with E-state index in [4.69, 9.17) is 5.73 Å². The first-order chi connectivity index (χ1) is 4.66. The van der Waals surface area contributed by atoms with Crippen LogP contribution in [0.4, 0.5) is 0 Å². The summed E-state index contributed by atoms with van der Waals surface area (Å²) in [7, 11) is 0. The molecule has 58 valence electrons. The van der Waals surface area contributed by atoms with E-state index in [0.717, 1.165) is 12.8 Å². The van der Waals surface area contributed by atoms with E-state index in [0.29, 0.717) is 5.92 Å². The Morgan fingerprint density at radius 3 is 2.70 bits per heavy atom. The molecule has 2 N–H and O–H groups in total. The van der Waals surface area contributed by atoms with Crippen LogP contribution in [0.2, 0.25) is 0 Å². The van der Waals surface area contributed by atoms with E-state index in [2.05, 4.69) is 20.4 Å². The fourth-order valence-corrected chi connectivity index (χ4v) is 0.760. The van der Waals surface area contributed by atoms with Crippen molar-refractivity contribution in [3.8, 4) is 0 Å². The summed E-state index contributed by atoms with van der Waals surface area (Å²) in [6.07, 6.45) is 5.89. The lowest BCUT2D eigenvalue weighted by Gasteiger charge is -2.03. The Kier molecular flexibility index (Phi) is 4.73. The summed E-state index contributed by atoms with van der Waals surface area (Å²) in [5.41, 5.74) is 6.48. The summed E-state index contributed by atoms with van der Waals surface area (Å²) in [6.45, 7) is 8.05. The molecule has 0 spiro atoms. The maximum absolute atomic E-state index is 5.23. The van der Waals surface area contributed by atoms with Crippen molar-refractivity contribution in [3.63, 3.8) is 0 Å². The molecule has 1 unspecified atom stereocenters. The standard InChI is InChI=1S/C9H17N/c1-8(2)4-5-9(3)6-7-10/h6-7,9H,1,4-5,10H2,2-3H3/b7-6-. The Labute approximate surface area is 63.6 Å². The molecule has 0 aliphatic heterocycles. The second kappa shape index (κ2) is 5.10. The highest BCUT2D eigenvalue weighted by atomic mass is 14.5. The maximum Gasteiger partial charge on any atom is -0.0100 e. The number of rotatable bonds is 4. The Balaban J connectivity index is 3.39. The first kappa shape index (κ1) is 9.28. The molecule has 0 rings (SSSR count). The van der Waals surface area contributed by atoms with Gasteiger partial charge in [-0.1, -0.05) is 18.6 Å². The fourth-order valence-electron chi connectivity index (χ4n) is 0.760. The van der Waals surface area contributed by atoms with Gasteiger partial charge in [-0.05, 0) is 31.9 Å². The van der Waals surface area contributed by atoms with Gasteiger partial charge >= 0.3 is 0 Å². The van der Waals surface area contributed by atoms with Gasteiger partial charge in [-0.2, -0.15) is 0 Å². The van der Waals surface area contributed by atoms with Gasteiger partial charge in [0.05, 0.1) is 0 Å². The summed E-state index contributed by atoms with van der Waals surface area (Å²) < 4.78 is 0. The van der Waals surface area contributed by atoms with E-state index in [1.165, 1.54) is 5.57 Å². The van der Waals surface area contributed by atoms with Crippen LogP contribution in [0.5, 0.6) is 0 Å². The van der Waals surface area contributed by atoms with Gasteiger partial charge in [-0.25, -0.2) is 0 Å². The predicted molar refractivity (Wildman–Crippen MR) is 46.5 cm³/mol. The quantitative estimate of drug-likeness (QED) is 0.595. The highest BCUT2D eigenvalue weighted by Gasteiger charge is 1.95. The Hall–Kier alpha value is -0.720. The third-order valence-corrected chi connectivity index (χ3v) is 1.47. The lowest BCUT2D eigenvalue weighted by atomic mass is 10.0. The second-order valence-electron chi connectivity index (χ2n) is 2.86. The Morgan fingerprint density at radius 1 is 1.70 bits per heavy atom. The van der Waals surface area contributed by atoms with E-state index in [1.54, 1.807) is 6.20 Å². The molecular formula is C9H17N. The number of allylic oxidation sites excluding steroid dienone is 2. The molecule has 0 saturated heterocycles. The number of nitrogens with two attached hydrogens (primary N) is 1. The van der Waals surface area contributed by atoms with Crippen molar-refractivity contribution < 1.29 is 0 Å². The highest BCUT2D eigenvalue weighted by Crippen LogP contribution is 2.10.